The molecule has 1 N–H and O–H groups in total. The first-order chi connectivity index (χ1) is 6.68. The van der Waals surface area contributed by atoms with Crippen molar-refractivity contribution in [1.82, 2.24) is 0 Å². The second-order valence-corrected chi connectivity index (χ2v) is 4.33. The summed E-state index contributed by atoms with van der Waals surface area (Å²) < 4.78 is 5.15. The van der Waals surface area contributed by atoms with Crippen molar-refractivity contribution < 1.29 is 9.52 Å². The number of furan rings is 1. The monoisotopic (exact) mass is 228 g/mol. The lowest BCUT2D eigenvalue weighted by molar-refractivity contribution is 0.192. The van der Waals surface area contributed by atoms with Gasteiger partial charge in [0.25, 0.3) is 0 Å². The summed E-state index contributed by atoms with van der Waals surface area (Å²) in [6, 6.07) is 5.28. The Morgan fingerprint density at radius 3 is 2.71 bits per heavy atom. The molecule has 2 heterocycles. The summed E-state index contributed by atoms with van der Waals surface area (Å²) in [5, 5.41) is 12.2. The number of aryl methyl sites for hydroxylation is 1. The molecule has 1 atom stereocenters. The van der Waals surface area contributed by atoms with Gasteiger partial charge in [0.05, 0.1) is 0 Å². The van der Waals surface area contributed by atoms with Crippen molar-refractivity contribution in [3.63, 3.8) is 0 Å². The van der Waals surface area contributed by atoms with Crippen LogP contribution in [0.1, 0.15) is 22.3 Å². The van der Waals surface area contributed by atoms with E-state index < -0.39 is 6.10 Å². The minimum Gasteiger partial charge on any atom is -0.447 e. The highest BCUT2D eigenvalue weighted by Crippen LogP contribution is 2.30. The first-order valence-corrected chi connectivity index (χ1v) is 5.41. The zero-order chi connectivity index (χ0) is 10.1. The summed E-state index contributed by atoms with van der Waals surface area (Å²) in [6.07, 6.45) is -0.706. The van der Waals surface area contributed by atoms with Crippen LogP contribution in [-0.2, 0) is 0 Å². The molecule has 0 radical (unpaired) electrons. The summed E-state index contributed by atoms with van der Waals surface area (Å²) in [6.45, 7) is 1.96. The number of hydrogen-bond acceptors (Lipinski definition) is 3. The van der Waals surface area contributed by atoms with Crippen molar-refractivity contribution >= 4 is 22.9 Å². The molecular formula is C10H9ClO2S. The number of rotatable bonds is 2. The van der Waals surface area contributed by atoms with Gasteiger partial charge in [0.15, 0.2) is 5.22 Å². The highest BCUT2D eigenvalue weighted by Gasteiger charge is 2.17. The molecule has 1 unspecified atom stereocenters. The van der Waals surface area contributed by atoms with Crippen LogP contribution >= 0.6 is 22.9 Å². The Hall–Kier alpha value is -0.770. The second kappa shape index (κ2) is 3.77. The molecule has 0 aliphatic carbocycles. The molecule has 0 saturated heterocycles. The first kappa shape index (κ1) is 9.77. The summed E-state index contributed by atoms with van der Waals surface area (Å²) in [7, 11) is 0. The number of halogens is 1. The van der Waals surface area contributed by atoms with E-state index in [1.807, 2.05) is 18.4 Å². The van der Waals surface area contributed by atoms with Crippen LogP contribution in [0.25, 0.3) is 0 Å². The fraction of sp³-hybridized carbons (Fsp3) is 0.200. The van der Waals surface area contributed by atoms with E-state index in [1.54, 1.807) is 12.1 Å². The fourth-order valence-electron chi connectivity index (χ4n) is 1.27. The molecule has 14 heavy (non-hydrogen) atoms. The highest BCUT2D eigenvalue weighted by atomic mass is 35.5. The van der Waals surface area contributed by atoms with Crippen LogP contribution in [0.4, 0.5) is 0 Å². The minimum atomic E-state index is -0.706. The summed E-state index contributed by atoms with van der Waals surface area (Å²) in [5.41, 5.74) is 1.06. The Balaban J connectivity index is 2.33. The smallest absolute Gasteiger partial charge is 0.193 e. The van der Waals surface area contributed by atoms with Crippen molar-refractivity contribution in [3.8, 4) is 0 Å². The standard InChI is InChI=1S/C10H9ClO2S/c1-6-4-5-14-10(6)9(12)7-2-3-8(11)13-7/h2-5,9,12H,1H3. The van der Waals surface area contributed by atoms with Crippen LogP contribution in [0.5, 0.6) is 0 Å². The maximum absolute atomic E-state index is 9.93. The molecule has 2 nitrogen and oxygen atoms in total. The normalized spacial score (nSPS) is 13.1. The number of aliphatic hydroxyl groups is 1. The molecule has 74 valence electrons. The van der Waals surface area contributed by atoms with E-state index in [-0.39, 0.29) is 0 Å². The van der Waals surface area contributed by atoms with Crippen LogP contribution < -0.4 is 0 Å². The van der Waals surface area contributed by atoms with Crippen molar-refractivity contribution in [2.45, 2.75) is 13.0 Å². The van der Waals surface area contributed by atoms with E-state index in [0.717, 1.165) is 10.4 Å². The number of thiophene rings is 1. The van der Waals surface area contributed by atoms with Gasteiger partial charge in [-0.1, -0.05) is 0 Å². The lowest BCUT2D eigenvalue weighted by Gasteiger charge is -2.05. The van der Waals surface area contributed by atoms with Crippen molar-refractivity contribution in [3.05, 3.63) is 45.0 Å². The summed E-state index contributed by atoms with van der Waals surface area (Å²) >= 11 is 7.14. The molecular weight excluding hydrogens is 220 g/mol. The van der Waals surface area contributed by atoms with Crippen LogP contribution in [0, 0.1) is 6.92 Å². The SMILES string of the molecule is Cc1ccsc1C(O)c1ccc(Cl)o1. The lowest BCUT2D eigenvalue weighted by Crippen LogP contribution is -1.96. The zero-order valence-corrected chi connectivity index (χ0v) is 9.10. The highest BCUT2D eigenvalue weighted by molar-refractivity contribution is 7.10. The van der Waals surface area contributed by atoms with Gasteiger partial charge in [0.1, 0.15) is 11.9 Å². The van der Waals surface area contributed by atoms with Gasteiger partial charge in [0.2, 0.25) is 0 Å². The lowest BCUT2D eigenvalue weighted by atomic mass is 10.2. The molecule has 0 fully saturated rings. The molecule has 2 rings (SSSR count). The fourth-order valence-corrected chi connectivity index (χ4v) is 2.34. The molecule has 0 saturated carbocycles. The summed E-state index contributed by atoms with van der Waals surface area (Å²) in [5.74, 6) is 0.487. The van der Waals surface area contributed by atoms with Crippen LogP contribution in [0.15, 0.2) is 28.0 Å². The van der Waals surface area contributed by atoms with Gasteiger partial charge in [0, 0.05) is 4.88 Å². The van der Waals surface area contributed by atoms with Gasteiger partial charge >= 0.3 is 0 Å². The Labute approximate surface area is 90.8 Å². The Morgan fingerprint density at radius 2 is 2.21 bits per heavy atom. The van der Waals surface area contributed by atoms with E-state index >= 15 is 0 Å². The maximum Gasteiger partial charge on any atom is 0.193 e. The molecule has 2 aromatic rings. The minimum absolute atomic E-state index is 0.299. The van der Waals surface area contributed by atoms with E-state index in [1.165, 1.54) is 11.3 Å². The van der Waals surface area contributed by atoms with Gasteiger partial charge in [-0.25, -0.2) is 0 Å². The Bertz CT molecular complexity index is 433. The van der Waals surface area contributed by atoms with E-state index in [9.17, 15) is 5.11 Å². The number of hydrogen-bond donors (Lipinski definition) is 1. The molecule has 4 heteroatoms. The molecule has 0 amide bonds. The molecule has 0 bridgehead atoms. The van der Waals surface area contributed by atoms with Crippen molar-refractivity contribution in [2.75, 3.05) is 0 Å². The van der Waals surface area contributed by atoms with Gasteiger partial charge in [-0.3, -0.25) is 0 Å². The van der Waals surface area contributed by atoms with E-state index in [4.69, 9.17) is 16.0 Å². The topological polar surface area (TPSA) is 33.4 Å². The molecule has 0 aromatic carbocycles. The maximum atomic E-state index is 9.93. The average molecular weight is 229 g/mol. The van der Waals surface area contributed by atoms with E-state index in [2.05, 4.69) is 0 Å². The third-order valence-electron chi connectivity index (χ3n) is 2.01. The van der Waals surface area contributed by atoms with Crippen LogP contribution in [-0.4, -0.2) is 5.11 Å². The van der Waals surface area contributed by atoms with Crippen molar-refractivity contribution in [2.24, 2.45) is 0 Å². The Morgan fingerprint density at radius 1 is 1.43 bits per heavy atom. The molecule has 0 aliphatic rings. The largest absolute Gasteiger partial charge is 0.447 e. The van der Waals surface area contributed by atoms with Crippen molar-refractivity contribution in [1.29, 1.82) is 0 Å². The van der Waals surface area contributed by atoms with Gasteiger partial charge < -0.3 is 9.52 Å². The third kappa shape index (κ3) is 1.71. The quantitative estimate of drug-likeness (QED) is 0.855. The van der Waals surface area contributed by atoms with E-state index in [0.29, 0.717) is 11.0 Å². The molecule has 0 spiro atoms. The first-order valence-electron chi connectivity index (χ1n) is 4.16. The number of aliphatic hydroxyl groups excluding tert-OH is 1. The van der Waals surface area contributed by atoms with Gasteiger partial charge in [-0.05, 0) is 47.7 Å². The van der Waals surface area contributed by atoms with Gasteiger partial charge in [-0.2, -0.15) is 0 Å². The third-order valence-corrected chi connectivity index (χ3v) is 3.29. The second-order valence-electron chi connectivity index (χ2n) is 3.01. The average Bonchev–Trinajstić information content (AvgIpc) is 2.73. The van der Waals surface area contributed by atoms with Gasteiger partial charge in [-0.15, -0.1) is 11.3 Å². The zero-order valence-electron chi connectivity index (χ0n) is 7.53. The van der Waals surface area contributed by atoms with Crippen LogP contribution in [0.3, 0.4) is 0 Å². The van der Waals surface area contributed by atoms with Crippen LogP contribution in [0.2, 0.25) is 5.22 Å². The predicted octanol–water partition coefficient (Wildman–Crippen LogP) is 3.38. The summed E-state index contributed by atoms with van der Waals surface area (Å²) in [4.78, 5) is 0.899. The predicted molar refractivity (Wildman–Crippen MR) is 56.8 cm³/mol. The Kier molecular flexibility index (Phi) is 2.63. The molecule has 0 aliphatic heterocycles. The molecule has 2 aromatic heterocycles.